The largest absolute Gasteiger partial charge is 0.486 e. The van der Waals surface area contributed by atoms with Crippen molar-refractivity contribution in [1.29, 1.82) is 0 Å². The van der Waals surface area contributed by atoms with Gasteiger partial charge in [0.15, 0.2) is 28.7 Å². The van der Waals surface area contributed by atoms with Gasteiger partial charge < -0.3 is 64.6 Å². The molecule has 4 aliphatic heterocycles. The minimum absolute atomic E-state index is 0.0213. The summed E-state index contributed by atoms with van der Waals surface area (Å²) < 4.78 is 26.7. The van der Waals surface area contributed by atoms with Crippen molar-refractivity contribution in [3.63, 3.8) is 0 Å². The molecule has 19 nitrogen and oxygen atoms in total. The average molecular weight is 902 g/mol. The van der Waals surface area contributed by atoms with Crippen molar-refractivity contribution in [2.75, 3.05) is 31.4 Å². The third-order valence-electron chi connectivity index (χ3n) is 13.9. The molecule has 3 aromatic carbocycles. The summed E-state index contributed by atoms with van der Waals surface area (Å²) in [6, 6.07) is 12.6. The average Bonchev–Trinajstić information content (AvgIpc) is 3.72. The molecule has 348 valence electrons. The van der Waals surface area contributed by atoms with E-state index in [0.29, 0.717) is 48.8 Å². The van der Waals surface area contributed by atoms with Crippen molar-refractivity contribution < 1.29 is 68.8 Å². The predicted molar refractivity (Wildman–Crippen MR) is 228 cm³/mol. The van der Waals surface area contributed by atoms with E-state index in [1.54, 1.807) is 0 Å². The first-order valence-electron chi connectivity index (χ1n) is 22.2. The summed E-state index contributed by atoms with van der Waals surface area (Å²) in [7, 11) is 0. The highest BCUT2D eigenvalue weighted by atomic mass is 16.7. The number of carbonyl (C=O) groups excluding carboxylic acids is 4. The topological polar surface area (TPSA) is 292 Å². The van der Waals surface area contributed by atoms with Gasteiger partial charge in [-0.25, -0.2) is 0 Å². The molecule has 9 rings (SSSR count). The van der Waals surface area contributed by atoms with Gasteiger partial charge in [0.05, 0.1) is 30.5 Å². The van der Waals surface area contributed by atoms with Crippen molar-refractivity contribution in [2.45, 2.75) is 124 Å². The molecule has 2 bridgehead atoms. The first kappa shape index (κ1) is 45.3. The lowest BCUT2D eigenvalue weighted by atomic mass is 9.73. The number of nitrogens with zero attached hydrogens (tertiary/aromatic N) is 1. The number of anilines is 1. The highest BCUT2D eigenvalue weighted by Crippen LogP contribution is 2.52. The van der Waals surface area contributed by atoms with E-state index in [1.807, 2.05) is 29.2 Å². The fourth-order valence-electron chi connectivity index (χ4n) is 10.6. The molecule has 4 fully saturated rings. The summed E-state index contributed by atoms with van der Waals surface area (Å²) in [5.74, 6) is -2.96. The van der Waals surface area contributed by atoms with Crippen LogP contribution in [-0.4, -0.2) is 141 Å². The Labute approximate surface area is 373 Å². The van der Waals surface area contributed by atoms with Gasteiger partial charge in [-0.05, 0) is 54.7 Å². The van der Waals surface area contributed by atoms with Crippen LogP contribution < -0.4 is 36.1 Å². The fourth-order valence-corrected chi connectivity index (χ4v) is 10.6. The zero-order chi connectivity index (χ0) is 45.8. The molecule has 0 aromatic heterocycles. The minimum Gasteiger partial charge on any atom is -0.486 e. The van der Waals surface area contributed by atoms with E-state index in [2.05, 4.69) is 16.0 Å². The number of hydrogen-bond donors (Lipinski definition) is 10. The summed E-state index contributed by atoms with van der Waals surface area (Å²) in [5, 5.41) is 76.6. The van der Waals surface area contributed by atoms with Crippen LogP contribution in [0, 0.1) is 0 Å². The number of rotatable bonds is 10. The van der Waals surface area contributed by atoms with Gasteiger partial charge in [-0.3, -0.25) is 30.8 Å². The standard InChI is InChI=1S/C46H55N5O14/c47-44-49-41-33(42(60)50-44)48-22-51(41)31-7-3-2-6-26(31)25-11-17-63-45(12-4-1-5-13-45)40-36(58)39(59)46(61,14-16-53)43(65-40)64-37-29(25)19-30-32(38(37)62-21-24(55)10-15-52)35(57)28-18-23(20-54)8-9-27(28)34(30)56/h2-3,6-9,15,18-19,24-25,33,36,39-41,43-44,48-49,53-55,58-59,61H,1,4-5,10-14,16-17,20-22,47H2,(H,50,60). The Morgan fingerprint density at radius 3 is 2.52 bits per heavy atom. The number of amides is 1. The number of nitrogens with one attached hydrogen (secondary N) is 3. The molecular formula is C46H55N5O14. The van der Waals surface area contributed by atoms with E-state index in [-0.39, 0.29) is 71.3 Å². The maximum absolute atomic E-state index is 14.9. The molecule has 2 aliphatic carbocycles. The normalized spacial score (nSPS) is 31.1. The second-order valence-corrected chi connectivity index (χ2v) is 17.8. The summed E-state index contributed by atoms with van der Waals surface area (Å²) >= 11 is 0. The fraction of sp³-hybridized carbons (Fsp3) is 0.522. The number of ketones is 2. The van der Waals surface area contributed by atoms with Gasteiger partial charge in [-0.2, -0.15) is 0 Å². The molecule has 4 heterocycles. The molecule has 1 amide bonds. The van der Waals surface area contributed by atoms with Crippen molar-refractivity contribution >= 4 is 29.4 Å². The van der Waals surface area contributed by atoms with Crippen LogP contribution in [0.3, 0.4) is 0 Å². The number of aldehydes is 1. The zero-order valence-corrected chi connectivity index (χ0v) is 35.6. The van der Waals surface area contributed by atoms with Gasteiger partial charge in [0, 0.05) is 59.9 Å². The van der Waals surface area contributed by atoms with Gasteiger partial charge in [0.25, 0.3) is 0 Å². The Morgan fingerprint density at radius 1 is 0.985 bits per heavy atom. The van der Waals surface area contributed by atoms with E-state index in [1.165, 1.54) is 24.3 Å². The molecular weight excluding hydrogens is 847 g/mol. The smallest absolute Gasteiger partial charge is 0.242 e. The Balaban J connectivity index is 1.31. The minimum atomic E-state index is -2.49. The van der Waals surface area contributed by atoms with Crippen molar-refractivity contribution in [3.05, 3.63) is 87.5 Å². The van der Waals surface area contributed by atoms with E-state index in [4.69, 9.17) is 24.7 Å². The molecule has 0 radical (unpaired) electrons. The quantitative estimate of drug-likeness (QED) is 0.0898. The molecule has 1 spiro atoms. The Hall–Kier alpha value is -4.90. The maximum atomic E-state index is 14.9. The van der Waals surface area contributed by atoms with E-state index >= 15 is 0 Å². The molecule has 3 saturated heterocycles. The summed E-state index contributed by atoms with van der Waals surface area (Å²) in [5.41, 5.74) is 4.07. The second kappa shape index (κ2) is 18.1. The van der Waals surface area contributed by atoms with Gasteiger partial charge in [-0.15, -0.1) is 0 Å². The van der Waals surface area contributed by atoms with Crippen LogP contribution in [0.2, 0.25) is 0 Å². The molecule has 6 aliphatic rings. The number of fused-ring (bicyclic) bond motifs is 7. The molecule has 3 aromatic rings. The van der Waals surface area contributed by atoms with Crippen LogP contribution in [0.25, 0.3) is 0 Å². The van der Waals surface area contributed by atoms with Crippen molar-refractivity contribution in [2.24, 2.45) is 5.73 Å². The van der Waals surface area contributed by atoms with Gasteiger partial charge >= 0.3 is 0 Å². The monoisotopic (exact) mass is 901 g/mol. The summed E-state index contributed by atoms with van der Waals surface area (Å²) in [4.78, 5) is 56.3. The molecule has 65 heavy (non-hydrogen) atoms. The van der Waals surface area contributed by atoms with Crippen LogP contribution >= 0.6 is 0 Å². The number of carbonyl (C=O) groups is 4. The zero-order valence-electron chi connectivity index (χ0n) is 35.6. The molecule has 10 unspecified atom stereocenters. The first-order chi connectivity index (χ1) is 31.3. The van der Waals surface area contributed by atoms with Crippen LogP contribution in [0.1, 0.15) is 106 Å². The third-order valence-corrected chi connectivity index (χ3v) is 13.9. The maximum Gasteiger partial charge on any atom is 0.242 e. The van der Waals surface area contributed by atoms with Gasteiger partial charge in [0.1, 0.15) is 49.7 Å². The number of aliphatic hydroxyl groups is 6. The Morgan fingerprint density at radius 2 is 1.77 bits per heavy atom. The second-order valence-electron chi connectivity index (χ2n) is 17.8. The van der Waals surface area contributed by atoms with Crippen molar-refractivity contribution in [1.82, 2.24) is 16.0 Å². The van der Waals surface area contributed by atoms with E-state index < -0.39 is 104 Å². The van der Waals surface area contributed by atoms with E-state index in [9.17, 15) is 49.8 Å². The highest BCUT2D eigenvalue weighted by molar-refractivity contribution is 6.29. The first-order valence-corrected chi connectivity index (χ1v) is 22.2. The predicted octanol–water partition coefficient (Wildman–Crippen LogP) is -0.499. The number of benzene rings is 3. The van der Waals surface area contributed by atoms with Crippen LogP contribution in [0.5, 0.6) is 11.5 Å². The number of hydrogen-bond acceptors (Lipinski definition) is 18. The van der Waals surface area contributed by atoms with Crippen LogP contribution in [0.15, 0.2) is 48.5 Å². The van der Waals surface area contributed by atoms with Gasteiger partial charge in [0.2, 0.25) is 12.2 Å². The third kappa shape index (κ3) is 7.81. The Bertz CT molecular complexity index is 2340. The lowest BCUT2D eigenvalue weighted by molar-refractivity contribution is -0.349. The molecule has 10 atom stereocenters. The van der Waals surface area contributed by atoms with Crippen molar-refractivity contribution in [3.8, 4) is 11.5 Å². The number of para-hydroxylation sites is 1. The van der Waals surface area contributed by atoms with Gasteiger partial charge in [-0.1, -0.05) is 43.5 Å². The SMILES string of the molecule is NC1NC(=O)C2NCN(c3ccccc3C3CCOC4(CCCCC4)C4OC(Oc5c3cc3c(c5OCC(O)CC=O)C(=O)c5cc(CO)ccc5C3=O)C(O)(CCO)C(O)C4O)C2N1. The van der Waals surface area contributed by atoms with E-state index in [0.717, 1.165) is 6.42 Å². The molecule has 19 heteroatoms. The lowest BCUT2D eigenvalue weighted by Crippen LogP contribution is -2.72. The number of aliphatic hydroxyl groups excluding tert-OH is 5. The molecule has 11 N–H and O–H groups in total. The molecule has 1 saturated carbocycles. The summed E-state index contributed by atoms with van der Waals surface area (Å²) in [6.07, 6.45) is -6.77. The number of ether oxygens (including phenoxy) is 4. The summed E-state index contributed by atoms with van der Waals surface area (Å²) in [6.45, 7) is -1.45. The lowest BCUT2D eigenvalue weighted by Gasteiger charge is -2.53. The van der Waals surface area contributed by atoms with Crippen LogP contribution in [0.4, 0.5) is 5.69 Å². The Kier molecular flexibility index (Phi) is 12.6. The van der Waals surface area contributed by atoms with Crippen LogP contribution in [-0.2, 0) is 25.7 Å². The number of nitrogens with two attached hydrogens (primary N) is 1. The highest BCUT2D eigenvalue weighted by Gasteiger charge is 2.62.